The van der Waals surface area contributed by atoms with E-state index in [-0.39, 0.29) is 29.9 Å². The van der Waals surface area contributed by atoms with Gasteiger partial charge in [-0.3, -0.25) is 9.69 Å². The highest BCUT2D eigenvalue weighted by molar-refractivity contribution is 5.93. The third-order valence-corrected chi connectivity index (χ3v) is 4.55. The number of anilines is 1. The fourth-order valence-corrected chi connectivity index (χ4v) is 3.32. The highest BCUT2D eigenvalue weighted by atomic mass is 19.3. The zero-order chi connectivity index (χ0) is 18.5. The van der Waals surface area contributed by atoms with Gasteiger partial charge in [0.15, 0.2) is 0 Å². The number of nitrogens with zero attached hydrogens (tertiary/aromatic N) is 1. The highest BCUT2D eigenvalue weighted by Gasteiger charge is 2.27. The Morgan fingerprint density at radius 3 is 2.69 bits per heavy atom. The van der Waals surface area contributed by atoms with Gasteiger partial charge in [0.05, 0.1) is 12.2 Å². The van der Waals surface area contributed by atoms with Crippen molar-refractivity contribution in [3.8, 4) is 5.75 Å². The number of nitrogens with one attached hydrogen (secondary N) is 1. The number of carbonyl (C=O) groups excluding carboxylic acids is 1. The first kappa shape index (κ1) is 18.3. The molecule has 4 nitrogen and oxygen atoms in total. The Hall–Kier alpha value is -2.47. The summed E-state index contributed by atoms with van der Waals surface area (Å²) in [4.78, 5) is 14.6. The minimum absolute atomic E-state index is 0.0349. The maximum Gasteiger partial charge on any atom is 0.387 e. The van der Waals surface area contributed by atoms with Crippen LogP contribution in [0, 0.1) is 6.92 Å². The molecule has 0 aromatic heterocycles. The molecule has 1 aliphatic heterocycles. The molecule has 1 atom stereocenters. The predicted molar refractivity (Wildman–Crippen MR) is 96.4 cm³/mol. The van der Waals surface area contributed by atoms with E-state index >= 15 is 0 Å². The van der Waals surface area contributed by atoms with Crippen molar-refractivity contribution in [2.45, 2.75) is 32.4 Å². The van der Waals surface area contributed by atoms with Gasteiger partial charge in [-0.05, 0) is 44.0 Å². The number of likely N-dealkylation sites (tertiary alicyclic amines) is 1. The summed E-state index contributed by atoms with van der Waals surface area (Å²) in [5.74, 6) is -0.276. The summed E-state index contributed by atoms with van der Waals surface area (Å²) >= 11 is 0. The number of carbonyl (C=O) groups is 1. The standard InChI is InChI=1S/C20H22F2N2O2/c1-14-8-10-15(11-9-14)17-6-4-12-24(17)13-19(25)23-16-5-2-3-7-18(16)26-20(21)22/h2-3,5,7-11,17,20H,4,6,12-13H2,1H3,(H,23,25)/t17-/m0/s1. The molecule has 0 aliphatic carbocycles. The quantitative estimate of drug-likeness (QED) is 0.832. The Morgan fingerprint density at radius 1 is 1.23 bits per heavy atom. The van der Waals surface area contributed by atoms with E-state index in [0.29, 0.717) is 0 Å². The van der Waals surface area contributed by atoms with Crippen molar-refractivity contribution in [2.75, 3.05) is 18.4 Å². The van der Waals surface area contributed by atoms with E-state index in [4.69, 9.17) is 0 Å². The summed E-state index contributed by atoms with van der Waals surface area (Å²) in [7, 11) is 0. The molecule has 1 amide bonds. The average Bonchev–Trinajstić information content (AvgIpc) is 3.05. The summed E-state index contributed by atoms with van der Waals surface area (Å²) in [6.45, 7) is 0.156. The number of benzene rings is 2. The van der Waals surface area contributed by atoms with E-state index < -0.39 is 6.61 Å². The smallest absolute Gasteiger partial charge is 0.387 e. The van der Waals surface area contributed by atoms with Crippen LogP contribution in [0.4, 0.5) is 14.5 Å². The number of aryl methyl sites for hydroxylation is 1. The molecule has 0 bridgehead atoms. The Kier molecular flexibility index (Phi) is 5.83. The molecule has 1 aliphatic rings. The summed E-state index contributed by atoms with van der Waals surface area (Å²) in [5.41, 5.74) is 2.65. The van der Waals surface area contributed by atoms with Crippen LogP contribution in [-0.4, -0.2) is 30.5 Å². The number of alkyl halides is 2. The van der Waals surface area contributed by atoms with Gasteiger partial charge in [0, 0.05) is 6.04 Å². The summed E-state index contributed by atoms with van der Waals surface area (Å²) in [5, 5.41) is 2.68. The van der Waals surface area contributed by atoms with Crippen molar-refractivity contribution in [1.82, 2.24) is 4.90 Å². The molecule has 0 saturated carbocycles. The fraction of sp³-hybridized carbons (Fsp3) is 0.350. The van der Waals surface area contributed by atoms with Gasteiger partial charge < -0.3 is 10.1 Å². The predicted octanol–water partition coefficient (Wildman–Crippen LogP) is 4.37. The number of amides is 1. The second-order valence-electron chi connectivity index (χ2n) is 6.46. The maximum absolute atomic E-state index is 12.5. The SMILES string of the molecule is Cc1ccc([C@@H]2CCCN2CC(=O)Nc2ccccc2OC(F)F)cc1. The lowest BCUT2D eigenvalue weighted by Crippen LogP contribution is -2.33. The highest BCUT2D eigenvalue weighted by Crippen LogP contribution is 2.32. The molecule has 0 spiro atoms. The normalized spacial score (nSPS) is 17.5. The van der Waals surface area contributed by atoms with Crippen LogP contribution in [0.15, 0.2) is 48.5 Å². The minimum atomic E-state index is -2.93. The Balaban J connectivity index is 1.65. The number of hydrogen-bond donors (Lipinski definition) is 1. The van der Waals surface area contributed by atoms with Crippen molar-refractivity contribution >= 4 is 11.6 Å². The molecule has 1 N–H and O–H groups in total. The largest absolute Gasteiger partial charge is 0.433 e. The summed E-state index contributed by atoms with van der Waals surface area (Å²) < 4.78 is 29.4. The second-order valence-corrected chi connectivity index (χ2v) is 6.46. The zero-order valence-electron chi connectivity index (χ0n) is 14.6. The van der Waals surface area contributed by atoms with Gasteiger partial charge in [-0.15, -0.1) is 0 Å². The first-order chi connectivity index (χ1) is 12.5. The van der Waals surface area contributed by atoms with Gasteiger partial charge in [-0.2, -0.15) is 8.78 Å². The van der Waals surface area contributed by atoms with Gasteiger partial charge in [0.2, 0.25) is 5.91 Å². The van der Waals surface area contributed by atoms with Crippen LogP contribution in [0.5, 0.6) is 5.75 Å². The first-order valence-electron chi connectivity index (χ1n) is 8.67. The molecule has 6 heteroatoms. The molecule has 138 valence electrons. The maximum atomic E-state index is 12.5. The lowest BCUT2D eigenvalue weighted by atomic mass is 10.0. The van der Waals surface area contributed by atoms with Gasteiger partial charge in [0.25, 0.3) is 0 Å². The van der Waals surface area contributed by atoms with Crippen molar-refractivity contribution in [3.63, 3.8) is 0 Å². The molecule has 0 unspecified atom stereocenters. The number of ether oxygens (including phenoxy) is 1. The lowest BCUT2D eigenvalue weighted by molar-refractivity contribution is -0.117. The van der Waals surface area contributed by atoms with Crippen LogP contribution < -0.4 is 10.1 Å². The van der Waals surface area contributed by atoms with E-state index in [2.05, 4.69) is 39.2 Å². The molecule has 1 fully saturated rings. The zero-order valence-corrected chi connectivity index (χ0v) is 14.6. The van der Waals surface area contributed by atoms with Crippen molar-refractivity contribution in [2.24, 2.45) is 0 Å². The van der Waals surface area contributed by atoms with Crippen LogP contribution in [0.2, 0.25) is 0 Å². The Labute approximate surface area is 151 Å². The molecule has 0 radical (unpaired) electrons. The van der Waals surface area contributed by atoms with Gasteiger partial charge in [-0.1, -0.05) is 42.0 Å². The number of hydrogen-bond acceptors (Lipinski definition) is 3. The van der Waals surface area contributed by atoms with E-state index in [0.717, 1.165) is 19.4 Å². The molecule has 3 rings (SSSR count). The number of rotatable bonds is 6. The summed E-state index contributed by atoms with van der Waals surface area (Å²) in [6, 6.07) is 14.8. The van der Waals surface area contributed by atoms with E-state index in [9.17, 15) is 13.6 Å². The van der Waals surface area contributed by atoms with Crippen LogP contribution in [0.1, 0.15) is 30.0 Å². The molecule has 2 aromatic rings. The van der Waals surface area contributed by atoms with Crippen LogP contribution in [0.25, 0.3) is 0 Å². The first-order valence-corrected chi connectivity index (χ1v) is 8.67. The monoisotopic (exact) mass is 360 g/mol. The Morgan fingerprint density at radius 2 is 1.96 bits per heavy atom. The van der Waals surface area contributed by atoms with Crippen molar-refractivity contribution in [1.29, 1.82) is 0 Å². The minimum Gasteiger partial charge on any atom is -0.433 e. The molecule has 1 heterocycles. The van der Waals surface area contributed by atoms with Gasteiger partial charge >= 0.3 is 6.61 Å². The van der Waals surface area contributed by atoms with Gasteiger partial charge in [-0.25, -0.2) is 0 Å². The van der Waals surface area contributed by atoms with E-state index in [1.54, 1.807) is 18.2 Å². The fourth-order valence-electron chi connectivity index (χ4n) is 3.32. The molecule has 1 saturated heterocycles. The van der Waals surface area contributed by atoms with Crippen molar-refractivity contribution < 1.29 is 18.3 Å². The molecular weight excluding hydrogens is 338 g/mol. The van der Waals surface area contributed by atoms with Gasteiger partial charge in [0.1, 0.15) is 5.75 Å². The lowest BCUT2D eigenvalue weighted by Gasteiger charge is -2.24. The van der Waals surface area contributed by atoms with E-state index in [1.165, 1.54) is 17.2 Å². The van der Waals surface area contributed by atoms with E-state index in [1.807, 2.05) is 6.92 Å². The molecule has 26 heavy (non-hydrogen) atoms. The van der Waals surface area contributed by atoms with Crippen LogP contribution in [-0.2, 0) is 4.79 Å². The van der Waals surface area contributed by atoms with Crippen molar-refractivity contribution in [3.05, 3.63) is 59.7 Å². The van der Waals surface area contributed by atoms with Crippen LogP contribution >= 0.6 is 0 Å². The number of halogens is 2. The average molecular weight is 360 g/mol. The third-order valence-electron chi connectivity index (χ3n) is 4.55. The topological polar surface area (TPSA) is 41.6 Å². The summed E-state index contributed by atoms with van der Waals surface area (Å²) in [6.07, 6.45) is 2.03. The number of para-hydroxylation sites is 2. The Bertz CT molecular complexity index is 750. The second kappa shape index (κ2) is 8.27. The molecular formula is C20H22F2N2O2. The van der Waals surface area contributed by atoms with Crippen LogP contribution in [0.3, 0.4) is 0 Å². The third kappa shape index (κ3) is 4.58. The molecule has 2 aromatic carbocycles.